The normalized spacial score (nSPS) is 11.6. The Morgan fingerprint density at radius 2 is 1.51 bits per heavy atom. The monoisotopic (exact) mass is 515 g/mol. The number of carbonyl (C=O) groups is 2. The van der Waals surface area contributed by atoms with Gasteiger partial charge in [-0.2, -0.15) is 0 Å². The highest BCUT2D eigenvalue weighted by molar-refractivity contribution is 6.10. The lowest BCUT2D eigenvalue weighted by Crippen LogP contribution is -2.35. The van der Waals surface area contributed by atoms with E-state index in [0.717, 1.165) is 40.7 Å². The van der Waals surface area contributed by atoms with Gasteiger partial charge in [0.1, 0.15) is 0 Å². The van der Waals surface area contributed by atoms with Gasteiger partial charge in [0.25, 0.3) is 5.91 Å². The third-order valence-corrected chi connectivity index (χ3v) is 6.70. The number of nitrogens with zero attached hydrogens (tertiary/aromatic N) is 2. The van der Waals surface area contributed by atoms with Crippen molar-refractivity contribution in [2.24, 2.45) is 0 Å². The molecule has 3 aromatic carbocycles. The van der Waals surface area contributed by atoms with E-state index in [9.17, 15) is 9.59 Å². The molecule has 0 aliphatic rings. The fourth-order valence-electron chi connectivity index (χ4n) is 4.83. The van der Waals surface area contributed by atoms with Crippen LogP contribution in [0.3, 0.4) is 0 Å². The van der Waals surface area contributed by atoms with Gasteiger partial charge in [-0.05, 0) is 48.6 Å². The van der Waals surface area contributed by atoms with Crippen molar-refractivity contribution in [1.29, 1.82) is 0 Å². The topological polar surface area (TPSA) is 81.2 Å². The van der Waals surface area contributed by atoms with Crippen LogP contribution in [-0.2, 0) is 22.4 Å². The summed E-state index contributed by atoms with van der Waals surface area (Å²) in [5.74, 6) is -0.884. The van der Waals surface area contributed by atoms with E-state index in [1.54, 1.807) is 18.3 Å². The van der Waals surface area contributed by atoms with E-state index in [2.05, 4.69) is 10.3 Å². The number of esters is 1. The van der Waals surface area contributed by atoms with Crippen LogP contribution in [0, 0.1) is 0 Å². The zero-order chi connectivity index (χ0) is 27.0. The molecule has 1 unspecified atom stereocenters. The Kier molecular flexibility index (Phi) is 8.03. The molecule has 0 aliphatic carbocycles. The Hall–Kier alpha value is -4.84. The molecule has 0 radical (unpaired) electrons. The molecule has 5 aromatic rings. The quantitative estimate of drug-likeness (QED) is 0.239. The van der Waals surface area contributed by atoms with E-state index < -0.39 is 12.0 Å². The average molecular weight is 516 g/mol. The summed E-state index contributed by atoms with van der Waals surface area (Å²) in [5, 5.41) is 3.70. The van der Waals surface area contributed by atoms with E-state index in [1.807, 2.05) is 91.0 Å². The number of nitrogens with one attached hydrogen (secondary N) is 1. The molecular formula is C33H29N3O3. The predicted molar refractivity (Wildman–Crippen MR) is 152 cm³/mol. The minimum absolute atomic E-state index is 0.349. The van der Waals surface area contributed by atoms with Gasteiger partial charge in [-0.3, -0.25) is 9.78 Å². The van der Waals surface area contributed by atoms with Gasteiger partial charge in [-0.1, -0.05) is 84.9 Å². The second kappa shape index (κ2) is 12.1. The number of hydrogen-bond acceptors (Lipinski definition) is 5. The zero-order valence-corrected chi connectivity index (χ0v) is 21.7. The van der Waals surface area contributed by atoms with Gasteiger partial charge in [0.2, 0.25) is 0 Å². The van der Waals surface area contributed by atoms with Crippen molar-refractivity contribution >= 4 is 22.8 Å². The number of benzene rings is 3. The largest absolute Gasteiger partial charge is 0.467 e. The van der Waals surface area contributed by atoms with Crippen LogP contribution in [0.1, 0.15) is 39.6 Å². The molecule has 194 valence electrons. The number of aromatic nitrogens is 2. The van der Waals surface area contributed by atoms with Crippen molar-refractivity contribution in [2.75, 3.05) is 7.11 Å². The Balaban J connectivity index is 1.61. The summed E-state index contributed by atoms with van der Waals surface area (Å²) in [5.41, 5.74) is 5.40. The molecule has 0 saturated heterocycles. The van der Waals surface area contributed by atoms with Gasteiger partial charge in [0, 0.05) is 22.8 Å². The zero-order valence-electron chi connectivity index (χ0n) is 21.7. The SMILES string of the molecule is COC(=O)C(NC(=O)c1c(CCCc2ccccn2)c(-c2ccccc2)nc2ccccc12)c1ccccc1. The Bertz CT molecular complexity index is 1570. The third kappa shape index (κ3) is 5.85. The van der Waals surface area contributed by atoms with Gasteiger partial charge in [-0.15, -0.1) is 0 Å². The number of aryl methyl sites for hydroxylation is 1. The first-order chi connectivity index (χ1) is 19.2. The molecule has 2 aromatic heterocycles. The molecule has 0 fully saturated rings. The third-order valence-electron chi connectivity index (χ3n) is 6.70. The lowest BCUT2D eigenvalue weighted by molar-refractivity contribution is -0.143. The summed E-state index contributed by atoms with van der Waals surface area (Å²) in [6.07, 6.45) is 3.93. The highest BCUT2D eigenvalue weighted by Gasteiger charge is 2.27. The van der Waals surface area contributed by atoms with Gasteiger partial charge >= 0.3 is 5.97 Å². The van der Waals surface area contributed by atoms with Crippen molar-refractivity contribution in [2.45, 2.75) is 25.3 Å². The minimum Gasteiger partial charge on any atom is -0.467 e. The molecule has 5 rings (SSSR count). The summed E-state index contributed by atoms with van der Waals surface area (Å²) in [6, 6.07) is 31.6. The molecular weight excluding hydrogens is 486 g/mol. The minimum atomic E-state index is -0.947. The molecule has 6 nitrogen and oxygen atoms in total. The molecule has 0 saturated carbocycles. The number of methoxy groups -OCH3 is 1. The maximum atomic E-state index is 14.1. The molecule has 0 aliphatic heterocycles. The molecule has 0 bridgehead atoms. The molecule has 1 N–H and O–H groups in total. The van der Waals surface area contributed by atoms with E-state index >= 15 is 0 Å². The van der Waals surface area contributed by atoms with Gasteiger partial charge in [-0.25, -0.2) is 9.78 Å². The van der Waals surface area contributed by atoms with Crippen LogP contribution in [0.2, 0.25) is 0 Å². The number of fused-ring (bicyclic) bond motifs is 1. The molecule has 2 heterocycles. The van der Waals surface area contributed by atoms with Gasteiger partial charge in [0.05, 0.1) is 23.9 Å². The fourth-order valence-corrected chi connectivity index (χ4v) is 4.83. The van der Waals surface area contributed by atoms with Crippen molar-refractivity contribution in [3.8, 4) is 11.3 Å². The van der Waals surface area contributed by atoms with Gasteiger partial charge < -0.3 is 10.1 Å². The number of ether oxygens (including phenoxy) is 1. The van der Waals surface area contributed by atoms with E-state index in [0.29, 0.717) is 23.1 Å². The summed E-state index contributed by atoms with van der Waals surface area (Å²) in [7, 11) is 1.32. The number of hydrogen-bond donors (Lipinski definition) is 1. The first-order valence-corrected chi connectivity index (χ1v) is 13.0. The molecule has 39 heavy (non-hydrogen) atoms. The fraction of sp³-hybridized carbons (Fsp3) is 0.152. The Morgan fingerprint density at radius 3 is 2.23 bits per heavy atom. The highest BCUT2D eigenvalue weighted by atomic mass is 16.5. The number of rotatable bonds is 9. The van der Waals surface area contributed by atoms with Crippen molar-refractivity contribution in [3.05, 3.63) is 132 Å². The van der Waals surface area contributed by atoms with Crippen molar-refractivity contribution in [3.63, 3.8) is 0 Å². The summed E-state index contributed by atoms with van der Waals surface area (Å²) < 4.78 is 5.06. The van der Waals surface area contributed by atoms with E-state index in [4.69, 9.17) is 9.72 Å². The number of carbonyl (C=O) groups excluding carboxylic acids is 2. The van der Waals surface area contributed by atoms with Crippen LogP contribution in [0.25, 0.3) is 22.2 Å². The lowest BCUT2D eigenvalue weighted by Gasteiger charge is -2.21. The van der Waals surface area contributed by atoms with Gasteiger partial charge in [0.15, 0.2) is 6.04 Å². The summed E-state index contributed by atoms with van der Waals surface area (Å²) in [6.45, 7) is 0. The van der Waals surface area contributed by atoms with E-state index in [-0.39, 0.29) is 5.91 Å². The van der Waals surface area contributed by atoms with E-state index in [1.165, 1.54) is 7.11 Å². The molecule has 0 spiro atoms. The number of para-hydroxylation sites is 1. The Morgan fingerprint density at radius 1 is 0.821 bits per heavy atom. The lowest BCUT2D eigenvalue weighted by atomic mass is 9.92. The smallest absolute Gasteiger partial charge is 0.333 e. The highest BCUT2D eigenvalue weighted by Crippen LogP contribution is 2.32. The maximum Gasteiger partial charge on any atom is 0.333 e. The van der Waals surface area contributed by atoms with Crippen LogP contribution < -0.4 is 5.32 Å². The van der Waals surface area contributed by atoms with Crippen LogP contribution in [0.5, 0.6) is 0 Å². The molecule has 1 atom stereocenters. The standard InChI is InChI=1S/C33H29N3O3/c1-39-33(38)31(24-15-6-3-7-16-24)36-32(37)29-26-19-8-9-21-28(26)35-30(23-13-4-2-5-14-23)27(29)20-12-18-25-17-10-11-22-34-25/h2-11,13-17,19,21-22,31H,12,18,20H2,1H3,(H,36,37). The summed E-state index contributed by atoms with van der Waals surface area (Å²) in [4.78, 5) is 36.4. The van der Waals surface area contributed by atoms with Crippen LogP contribution in [0.15, 0.2) is 109 Å². The molecule has 6 heteroatoms. The summed E-state index contributed by atoms with van der Waals surface area (Å²) >= 11 is 0. The first-order valence-electron chi connectivity index (χ1n) is 13.0. The Labute approximate surface area is 227 Å². The number of pyridine rings is 2. The maximum absolute atomic E-state index is 14.1. The van der Waals surface area contributed by atoms with Crippen LogP contribution in [-0.4, -0.2) is 29.0 Å². The average Bonchev–Trinajstić information content (AvgIpc) is 3.00. The second-order valence-corrected chi connectivity index (χ2v) is 9.21. The number of amides is 1. The first kappa shape index (κ1) is 25.8. The van der Waals surface area contributed by atoms with Crippen LogP contribution >= 0.6 is 0 Å². The van der Waals surface area contributed by atoms with Crippen LogP contribution in [0.4, 0.5) is 0 Å². The predicted octanol–water partition coefficient (Wildman–Crippen LogP) is 6.12. The van der Waals surface area contributed by atoms with Crippen molar-refractivity contribution in [1.82, 2.24) is 15.3 Å². The second-order valence-electron chi connectivity index (χ2n) is 9.21. The van der Waals surface area contributed by atoms with Crippen molar-refractivity contribution < 1.29 is 14.3 Å². The molecule has 1 amide bonds.